The van der Waals surface area contributed by atoms with Crippen molar-refractivity contribution in [3.63, 3.8) is 0 Å². The van der Waals surface area contributed by atoms with Gasteiger partial charge in [0, 0.05) is 23.7 Å². The molecular formula is C19H16N6O2S2. The van der Waals surface area contributed by atoms with Gasteiger partial charge in [-0.3, -0.25) is 15.1 Å². The molecule has 0 atom stereocenters. The number of pyridine rings is 2. The Bertz CT molecular complexity index is 1120. The predicted molar refractivity (Wildman–Crippen MR) is 111 cm³/mol. The lowest BCUT2D eigenvalue weighted by Gasteiger charge is -2.07. The molecule has 10 heteroatoms. The highest BCUT2D eigenvalue weighted by Crippen LogP contribution is 2.29. The smallest absolute Gasteiger partial charge is 0.260 e. The van der Waals surface area contributed by atoms with Crippen LogP contribution in [0.4, 0.5) is 5.13 Å². The molecule has 29 heavy (non-hydrogen) atoms. The van der Waals surface area contributed by atoms with Crippen LogP contribution < -0.4 is 5.32 Å². The Morgan fingerprint density at radius 3 is 2.76 bits per heavy atom. The molecule has 0 saturated heterocycles. The first-order valence-corrected chi connectivity index (χ1v) is 10.5. The van der Waals surface area contributed by atoms with Crippen LogP contribution in [0.1, 0.15) is 27.4 Å². The fourth-order valence-corrected chi connectivity index (χ4v) is 4.42. The summed E-state index contributed by atoms with van der Waals surface area (Å²) in [5.41, 5.74) is 3.03. The van der Waals surface area contributed by atoms with Gasteiger partial charge >= 0.3 is 0 Å². The number of aryl methyl sites for hydroxylation is 2. The summed E-state index contributed by atoms with van der Waals surface area (Å²) in [6.07, 6.45) is 3.35. The normalized spacial score (nSPS) is 10.8. The van der Waals surface area contributed by atoms with E-state index in [-0.39, 0.29) is 5.91 Å². The van der Waals surface area contributed by atoms with Crippen LogP contribution in [0, 0.1) is 13.8 Å². The Morgan fingerprint density at radius 1 is 1.14 bits per heavy atom. The maximum atomic E-state index is 12.8. The summed E-state index contributed by atoms with van der Waals surface area (Å²) >= 11 is 2.73. The summed E-state index contributed by atoms with van der Waals surface area (Å²) in [4.78, 5) is 21.4. The van der Waals surface area contributed by atoms with Gasteiger partial charge in [-0.15, -0.1) is 22.0 Å². The average molecular weight is 425 g/mol. The number of nitrogens with zero attached hydrogens (tertiary/aromatic N) is 5. The van der Waals surface area contributed by atoms with E-state index in [0.29, 0.717) is 32.2 Å². The van der Waals surface area contributed by atoms with Crippen molar-refractivity contribution in [3.05, 3.63) is 65.3 Å². The topological polar surface area (TPSA) is 107 Å². The molecule has 0 fully saturated rings. The van der Waals surface area contributed by atoms with Crippen LogP contribution in [0.2, 0.25) is 0 Å². The molecule has 0 saturated carbocycles. The van der Waals surface area contributed by atoms with Crippen LogP contribution in [-0.2, 0) is 5.75 Å². The number of aromatic nitrogens is 5. The Kier molecular flexibility index (Phi) is 5.63. The van der Waals surface area contributed by atoms with Crippen LogP contribution in [0.15, 0.2) is 52.3 Å². The Labute approximate surface area is 174 Å². The van der Waals surface area contributed by atoms with Crippen molar-refractivity contribution in [2.24, 2.45) is 0 Å². The first-order valence-electron chi connectivity index (χ1n) is 8.67. The third-order valence-corrected chi connectivity index (χ3v) is 5.97. The van der Waals surface area contributed by atoms with Crippen molar-refractivity contribution in [1.82, 2.24) is 25.3 Å². The molecule has 0 bridgehead atoms. The molecule has 4 aromatic rings. The van der Waals surface area contributed by atoms with E-state index < -0.39 is 0 Å². The van der Waals surface area contributed by atoms with Gasteiger partial charge in [-0.2, -0.15) is 0 Å². The summed E-state index contributed by atoms with van der Waals surface area (Å²) in [5, 5.41) is 16.6. The molecular weight excluding hydrogens is 408 g/mol. The lowest BCUT2D eigenvalue weighted by atomic mass is 10.2. The van der Waals surface area contributed by atoms with E-state index in [2.05, 4.69) is 30.6 Å². The molecule has 0 aliphatic carbocycles. The van der Waals surface area contributed by atoms with E-state index in [4.69, 9.17) is 4.52 Å². The van der Waals surface area contributed by atoms with Gasteiger partial charge in [0.2, 0.25) is 5.13 Å². The van der Waals surface area contributed by atoms with E-state index >= 15 is 0 Å². The number of nitrogens with one attached hydrogen (secondary N) is 1. The highest BCUT2D eigenvalue weighted by atomic mass is 32.2. The van der Waals surface area contributed by atoms with Gasteiger partial charge in [-0.25, -0.2) is 4.98 Å². The SMILES string of the molecule is Cc1noc(C)c1CSc1ncccc1C(=O)Nc1nnc(-c2ccccn2)s1. The van der Waals surface area contributed by atoms with Gasteiger partial charge in [0.25, 0.3) is 5.91 Å². The standard InChI is InChI=1S/C19H16N6O2S2/c1-11-14(12(2)27-25-11)10-28-17-13(6-5-9-21-17)16(26)22-19-24-23-18(29-19)15-7-3-4-8-20-15/h3-9H,10H2,1-2H3,(H,22,24,26). The van der Waals surface area contributed by atoms with Gasteiger partial charge in [0.1, 0.15) is 16.5 Å². The third kappa shape index (κ3) is 4.33. The maximum absolute atomic E-state index is 12.8. The van der Waals surface area contributed by atoms with Crippen molar-refractivity contribution in [2.45, 2.75) is 24.6 Å². The Hall–Kier alpha value is -3.11. The number of hydrogen-bond acceptors (Lipinski definition) is 9. The number of carbonyl (C=O) groups is 1. The molecule has 0 spiro atoms. The fourth-order valence-electron chi connectivity index (χ4n) is 2.56. The maximum Gasteiger partial charge on any atom is 0.260 e. The average Bonchev–Trinajstić information content (AvgIpc) is 3.34. The molecule has 0 aliphatic heterocycles. The quantitative estimate of drug-likeness (QED) is 0.460. The third-order valence-electron chi connectivity index (χ3n) is 4.08. The monoisotopic (exact) mass is 424 g/mol. The molecule has 146 valence electrons. The summed E-state index contributed by atoms with van der Waals surface area (Å²) in [6.45, 7) is 3.77. The van der Waals surface area contributed by atoms with Crippen molar-refractivity contribution in [1.29, 1.82) is 0 Å². The lowest BCUT2D eigenvalue weighted by Crippen LogP contribution is -2.13. The number of carbonyl (C=O) groups excluding carboxylic acids is 1. The fraction of sp³-hybridized carbons (Fsp3) is 0.158. The molecule has 8 nitrogen and oxygen atoms in total. The van der Waals surface area contributed by atoms with Crippen LogP contribution in [-0.4, -0.2) is 31.2 Å². The summed E-state index contributed by atoms with van der Waals surface area (Å²) < 4.78 is 5.20. The highest BCUT2D eigenvalue weighted by Gasteiger charge is 2.17. The zero-order chi connectivity index (χ0) is 20.2. The molecule has 4 aromatic heterocycles. The van der Waals surface area contributed by atoms with E-state index in [0.717, 1.165) is 17.0 Å². The van der Waals surface area contributed by atoms with Gasteiger partial charge in [0.15, 0.2) is 5.01 Å². The second-order valence-corrected chi connectivity index (χ2v) is 7.97. The van der Waals surface area contributed by atoms with Crippen LogP contribution in [0.25, 0.3) is 10.7 Å². The predicted octanol–water partition coefficient (Wildman–Crippen LogP) is 4.14. The highest BCUT2D eigenvalue weighted by molar-refractivity contribution is 7.98. The Balaban J connectivity index is 1.49. The molecule has 1 amide bonds. The van der Waals surface area contributed by atoms with Gasteiger partial charge < -0.3 is 4.52 Å². The molecule has 1 N–H and O–H groups in total. The minimum atomic E-state index is -0.289. The van der Waals surface area contributed by atoms with E-state index in [9.17, 15) is 4.79 Å². The van der Waals surface area contributed by atoms with Crippen LogP contribution in [0.5, 0.6) is 0 Å². The summed E-state index contributed by atoms with van der Waals surface area (Å²) in [5.74, 6) is 1.09. The van der Waals surface area contributed by atoms with Crippen molar-refractivity contribution in [2.75, 3.05) is 5.32 Å². The molecule has 0 unspecified atom stereocenters. The Morgan fingerprint density at radius 2 is 2.00 bits per heavy atom. The largest absolute Gasteiger partial charge is 0.361 e. The van der Waals surface area contributed by atoms with Crippen molar-refractivity contribution >= 4 is 34.1 Å². The zero-order valence-corrected chi connectivity index (χ0v) is 17.3. The zero-order valence-electron chi connectivity index (χ0n) is 15.6. The molecule has 0 aromatic carbocycles. The first-order chi connectivity index (χ1) is 14.1. The number of hydrogen-bond donors (Lipinski definition) is 1. The summed E-state index contributed by atoms with van der Waals surface area (Å²) in [6, 6.07) is 9.02. The molecule has 0 aliphatic rings. The van der Waals surface area contributed by atoms with E-state index in [1.807, 2.05) is 32.0 Å². The molecule has 4 heterocycles. The number of rotatable bonds is 6. The molecule has 0 radical (unpaired) electrons. The minimum Gasteiger partial charge on any atom is -0.361 e. The van der Waals surface area contributed by atoms with Crippen molar-refractivity contribution < 1.29 is 9.32 Å². The molecule has 4 rings (SSSR count). The van der Waals surface area contributed by atoms with E-state index in [1.54, 1.807) is 24.5 Å². The van der Waals surface area contributed by atoms with E-state index in [1.165, 1.54) is 23.1 Å². The second-order valence-electron chi connectivity index (χ2n) is 6.03. The number of amides is 1. The summed E-state index contributed by atoms with van der Waals surface area (Å²) in [7, 11) is 0. The van der Waals surface area contributed by atoms with Gasteiger partial charge in [-0.1, -0.05) is 22.6 Å². The lowest BCUT2D eigenvalue weighted by molar-refractivity contribution is 0.102. The van der Waals surface area contributed by atoms with Crippen molar-refractivity contribution in [3.8, 4) is 10.7 Å². The number of anilines is 1. The number of thioether (sulfide) groups is 1. The van der Waals surface area contributed by atoms with Crippen LogP contribution >= 0.6 is 23.1 Å². The first kappa shape index (κ1) is 19.2. The van der Waals surface area contributed by atoms with Crippen LogP contribution in [0.3, 0.4) is 0 Å². The second kappa shape index (κ2) is 8.50. The van der Waals surface area contributed by atoms with Gasteiger partial charge in [-0.05, 0) is 38.1 Å². The van der Waals surface area contributed by atoms with Gasteiger partial charge in [0.05, 0.1) is 11.3 Å². The minimum absolute atomic E-state index is 0.289.